The van der Waals surface area contributed by atoms with E-state index in [1.807, 2.05) is 43.3 Å². The first kappa shape index (κ1) is 23.5. The molecule has 33 heavy (non-hydrogen) atoms. The molecule has 2 atom stereocenters. The van der Waals surface area contributed by atoms with Gasteiger partial charge in [0.2, 0.25) is 11.8 Å². The number of carbonyl (C=O) groups excluding carboxylic acids is 1. The van der Waals surface area contributed by atoms with E-state index in [9.17, 15) is 4.79 Å². The Kier molecular flexibility index (Phi) is 8.18. The molecule has 0 bridgehead atoms. The monoisotopic (exact) mass is 452 g/mol. The minimum absolute atomic E-state index is 0.0678. The number of likely N-dealkylation sites (N-methyl/N-ethyl adjacent to an activating group) is 1. The highest BCUT2D eigenvalue weighted by Gasteiger charge is 2.26. The summed E-state index contributed by atoms with van der Waals surface area (Å²) in [6.45, 7) is 8.60. The summed E-state index contributed by atoms with van der Waals surface area (Å²) in [6, 6.07) is 9.71. The first-order valence-electron chi connectivity index (χ1n) is 12.1. The number of aromatic nitrogens is 1. The third-order valence-corrected chi connectivity index (χ3v) is 6.59. The topological polar surface area (TPSA) is 70.8 Å². The summed E-state index contributed by atoms with van der Waals surface area (Å²) in [4.78, 5) is 22.1. The lowest BCUT2D eigenvalue weighted by Crippen LogP contribution is -2.45. The maximum Gasteiger partial charge on any atom is 0.226 e. The van der Waals surface area contributed by atoms with Crippen LogP contribution in [-0.4, -0.2) is 67.0 Å². The molecule has 1 aromatic heterocycles. The van der Waals surface area contributed by atoms with Crippen LogP contribution in [0.1, 0.15) is 42.5 Å². The van der Waals surface area contributed by atoms with Crippen LogP contribution in [0.15, 0.2) is 46.9 Å². The molecule has 0 saturated carbocycles. The van der Waals surface area contributed by atoms with E-state index in [1.54, 1.807) is 0 Å². The van der Waals surface area contributed by atoms with Crippen LogP contribution in [0.2, 0.25) is 0 Å². The van der Waals surface area contributed by atoms with Crippen molar-refractivity contribution in [2.24, 2.45) is 5.92 Å². The second kappa shape index (κ2) is 11.5. The molecule has 0 spiro atoms. The fourth-order valence-electron chi connectivity index (χ4n) is 4.37. The number of piperazine rings is 1. The lowest BCUT2D eigenvalue weighted by Gasteiger charge is -2.32. The number of para-hydroxylation sites is 1. The molecule has 1 aliphatic carbocycles. The molecule has 2 aliphatic rings. The predicted octanol–water partition coefficient (Wildman–Crippen LogP) is 3.37. The minimum atomic E-state index is -0.0678. The minimum Gasteiger partial charge on any atom is -0.487 e. The molecule has 1 amide bonds. The van der Waals surface area contributed by atoms with Gasteiger partial charge in [-0.3, -0.25) is 4.79 Å². The number of oxazole rings is 1. The first-order chi connectivity index (χ1) is 16.1. The molecule has 1 N–H and O–H groups in total. The fraction of sp³-hybridized carbons (Fsp3) is 0.538. The smallest absolute Gasteiger partial charge is 0.226 e. The van der Waals surface area contributed by atoms with Gasteiger partial charge in [-0.1, -0.05) is 30.4 Å². The second-order valence-electron chi connectivity index (χ2n) is 9.12. The molecule has 1 aliphatic heterocycles. The van der Waals surface area contributed by atoms with Crippen LogP contribution in [0, 0.1) is 12.8 Å². The van der Waals surface area contributed by atoms with Crippen molar-refractivity contribution < 1.29 is 13.9 Å². The fourth-order valence-corrected chi connectivity index (χ4v) is 4.37. The average molecular weight is 453 g/mol. The third-order valence-electron chi connectivity index (χ3n) is 6.59. The van der Waals surface area contributed by atoms with Crippen LogP contribution in [0.3, 0.4) is 0 Å². The van der Waals surface area contributed by atoms with Gasteiger partial charge < -0.3 is 24.3 Å². The Balaban J connectivity index is 1.20. The van der Waals surface area contributed by atoms with Crippen molar-refractivity contribution in [3.05, 3.63) is 59.8 Å². The van der Waals surface area contributed by atoms with Crippen LogP contribution in [0.25, 0.3) is 0 Å². The molecular weight excluding hydrogens is 416 g/mol. The Morgan fingerprint density at radius 2 is 1.94 bits per heavy atom. The number of amides is 1. The summed E-state index contributed by atoms with van der Waals surface area (Å²) in [6.07, 6.45) is 6.75. The highest BCUT2D eigenvalue weighted by Crippen LogP contribution is 2.31. The number of aryl methyl sites for hydroxylation is 1. The third kappa shape index (κ3) is 6.68. The zero-order valence-electron chi connectivity index (χ0n) is 19.8. The average Bonchev–Trinajstić information content (AvgIpc) is 3.22. The maximum absolute atomic E-state index is 12.6. The molecule has 1 saturated heterocycles. The molecule has 178 valence electrons. The second-order valence-corrected chi connectivity index (χ2v) is 9.12. The lowest BCUT2D eigenvalue weighted by molar-refractivity contribution is -0.123. The van der Waals surface area contributed by atoms with E-state index < -0.39 is 0 Å². The number of hydrogen-bond donors (Lipinski definition) is 1. The van der Waals surface area contributed by atoms with Crippen LogP contribution in [-0.2, 0) is 11.4 Å². The van der Waals surface area contributed by atoms with Crippen molar-refractivity contribution >= 4 is 5.91 Å². The summed E-state index contributed by atoms with van der Waals surface area (Å²) in [7, 11) is 2.17. The zero-order chi connectivity index (χ0) is 23.0. The van der Waals surface area contributed by atoms with Gasteiger partial charge in [0.05, 0.1) is 11.8 Å². The molecule has 7 nitrogen and oxygen atoms in total. The normalized spacial score (nSPS) is 21.8. The van der Waals surface area contributed by atoms with Gasteiger partial charge in [-0.05, 0) is 51.9 Å². The van der Waals surface area contributed by atoms with Crippen molar-refractivity contribution in [3.8, 4) is 5.75 Å². The molecule has 1 fully saturated rings. The lowest BCUT2D eigenvalue weighted by atomic mass is 9.88. The van der Waals surface area contributed by atoms with Gasteiger partial charge >= 0.3 is 0 Å². The Hall–Kier alpha value is -2.64. The Labute approximate surface area is 196 Å². The molecular formula is C26H36N4O3. The molecule has 2 heterocycles. The highest BCUT2D eigenvalue weighted by molar-refractivity contribution is 5.80. The largest absolute Gasteiger partial charge is 0.487 e. The van der Waals surface area contributed by atoms with Crippen molar-refractivity contribution in [2.75, 3.05) is 46.3 Å². The van der Waals surface area contributed by atoms with Crippen molar-refractivity contribution in [1.29, 1.82) is 0 Å². The molecule has 7 heteroatoms. The quantitative estimate of drug-likeness (QED) is 0.465. The van der Waals surface area contributed by atoms with E-state index in [-0.39, 0.29) is 17.7 Å². The van der Waals surface area contributed by atoms with Crippen LogP contribution < -0.4 is 10.1 Å². The number of benzene rings is 1. The van der Waals surface area contributed by atoms with Gasteiger partial charge in [0.15, 0.2) is 0 Å². The van der Waals surface area contributed by atoms with Crippen molar-refractivity contribution in [2.45, 2.75) is 38.7 Å². The Bertz CT molecular complexity index is 919. The van der Waals surface area contributed by atoms with Gasteiger partial charge in [0, 0.05) is 32.7 Å². The van der Waals surface area contributed by atoms with Gasteiger partial charge in [-0.15, -0.1) is 0 Å². The number of hydrogen-bond acceptors (Lipinski definition) is 6. The Morgan fingerprint density at radius 3 is 2.67 bits per heavy atom. The summed E-state index contributed by atoms with van der Waals surface area (Å²) in [5.74, 6) is 2.48. The maximum atomic E-state index is 12.6. The van der Waals surface area contributed by atoms with Gasteiger partial charge in [0.25, 0.3) is 0 Å². The predicted molar refractivity (Wildman–Crippen MR) is 128 cm³/mol. The van der Waals surface area contributed by atoms with E-state index in [2.05, 4.69) is 33.2 Å². The first-order valence-corrected chi connectivity index (χ1v) is 12.1. The standard InChI is InChI=1S/C26H36N4O3/c1-20-24(19-32-23-7-4-3-5-8-23)28-26(33-20)22-11-9-21(10-12-22)25(31)27-13-6-14-30-17-15-29(2)16-18-30/h3-5,7-9,11,21-22H,6,10,12-19H2,1-2H3,(H,27,31). The van der Waals surface area contributed by atoms with Crippen LogP contribution in [0.4, 0.5) is 0 Å². The van der Waals surface area contributed by atoms with Crippen LogP contribution in [0.5, 0.6) is 5.75 Å². The molecule has 1 aromatic carbocycles. The zero-order valence-corrected chi connectivity index (χ0v) is 19.8. The summed E-state index contributed by atoms with van der Waals surface area (Å²) in [5.41, 5.74) is 0.822. The molecule has 4 rings (SSSR count). The number of rotatable bonds is 9. The van der Waals surface area contributed by atoms with Crippen LogP contribution >= 0.6 is 0 Å². The summed E-state index contributed by atoms with van der Waals surface area (Å²) in [5, 5.41) is 3.12. The molecule has 2 aromatic rings. The van der Waals surface area contributed by atoms with Gasteiger partial charge in [0.1, 0.15) is 23.8 Å². The highest BCUT2D eigenvalue weighted by atomic mass is 16.5. The number of carbonyl (C=O) groups is 1. The number of ether oxygens (including phenoxy) is 1. The summed E-state index contributed by atoms with van der Waals surface area (Å²) >= 11 is 0. The molecule has 0 radical (unpaired) electrons. The number of allylic oxidation sites excluding steroid dienone is 1. The Morgan fingerprint density at radius 1 is 1.15 bits per heavy atom. The summed E-state index contributed by atoms with van der Waals surface area (Å²) < 4.78 is 11.7. The molecule has 2 unspecified atom stereocenters. The van der Waals surface area contributed by atoms with Crippen molar-refractivity contribution in [1.82, 2.24) is 20.1 Å². The number of nitrogens with one attached hydrogen (secondary N) is 1. The van der Waals surface area contributed by atoms with Gasteiger partial charge in [-0.2, -0.15) is 0 Å². The van der Waals surface area contributed by atoms with Crippen molar-refractivity contribution in [3.63, 3.8) is 0 Å². The van der Waals surface area contributed by atoms with E-state index in [1.165, 1.54) is 0 Å². The number of nitrogens with zero attached hydrogens (tertiary/aromatic N) is 3. The van der Waals surface area contributed by atoms with E-state index in [0.717, 1.165) is 75.7 Å². The van der Waals surface area contributed by atoms with E-state index in [4.69, 9.17) is 9.15 Å². The van der Waals surface area contributed by atoms with Gasteiger partial charge in [-0.25, -0.2) is 4.98 Å². The van der Waals surface area contributed by atoms with E-state index >= 15 is 0 Å². The SMILES string of the molecule is Cc1oc(C2C=CC(C(=O)NCCCN3CCN(C)CC3)CC2)nc1COc1ccccc1. The van der Waals surface area contributed by atoms with E-state index in [0.29, 0.717) is 12.5 Å².